The van der Waals surface area contributed by atoms with E-state index in [0.29, 0.717) is 24.3 Å². The number of carboxylic acids is 1. The zero-order valence-electron chi connectivity index (χ0n) is 19.9. The highest BCUT2D eigenvalue weighted by molar-refractivity contribution is 5.91. The molecule has 1 fully saturated rings. The molecule has 1 amide bonds. The summed E-state index contributed by atoms with van der Waals surface area (Å²) in [6.45, 7) is 7.52. The van der Waals surface area contributed by atoms with Gasteiger partial charge in [0.1, 0.15) is 11.3 Å². The van der Waals surface area contributed by atoms with Gasteiger partial charge in [-0.1, -0.05) is 50.6 Å². The van der Waals surface area contributed by atoms with Gasteiger partial charge in [0, 0.05) is 6.04 Å². The van der Waals surface area contributed by atoms with Crippen molar-refractivity contribution in [2.45, 2.75) is 65.0 Å². The van der Waals surface area contributed by atoms with E-state index in [1.165, 1.54) is 30.0 Å². The molecular formula is C27H36N2O4. The van der Waals surface area contributed by atoms with Gasteiger partial charge in [0.25, 0.3) is 0 Å². The summed E-state index contributed by atoms with van der Waals surface area (Å²) in [7, 11) is 0. The van der Waals surface area contributed by atoms with Crippen molar-refractivity contribution in [1.82, 2.24) is 10.6 Å². The molecule has 1 heterocycles. The van der Waals surface area contributed by atoms with Crippen molar-refractivity contribution in [3.63, 3.8) is 0 Å². The Labute approximate surface area is 196 Å². The Balaban J connectivity index is 1.80. The predicted molar refractivity (Wildman–Crippen MR) is 130 cm³/mol. The molecule has 6 nitrogen and oxygen atoms in total. The summed E-state index contributed by atoms with van der Waals surface area (Å²) >= 11 is 0. The molecule has 0 radical (unpaired) electrons. The van der Waals surface area contributed by atoms with Gasteiger partial charge in [-0.2, -0.15) is 0 Å². The van der Waals surface area contributed by atoms with Gasteiger partial charge in [0.2, 0.25) is 5.91 Å². The van der Waals surface area contributed by atoms with Crippen molar-refractivity contribution in [1.29, 1.82) is 0 Å². The van der Waals surface area contributed by atoms with Crippen LogP contribution in [0.4, 0.5) is 0 Å². The Morgan fingerprint density at radius 2 is 1.97 bits per heavy atom. The van der Waals surface area contributed by atoms with Crippen molar-refractivity contribution in [3.8, 4) is 5.75 Å². The highest BCUT2D eigenvalue weighted by Crippen LogP contribution is 2.32. The summed E-state index contributed by atoms with van der Waals surface area (Å²) in [5.74, 6) is -0.415. The summed E-state index contributed by atoms with van der Waals surface area (Å²) in [4.78, 5) is 24.5. The van der Waals surface area contributed by atoms with Crippen molar-refractivity contribution in [2.75, 3.05) is 13.2 Å². The Morgan fingerprint density at radius 3 is 2.64 bits per heavy atom. The smallest absolute Gasteiger partial charge is 0.339 e. The van der Waals surface area contributed by atoms with Gasteiger partial charge in [-0.25, -0.2) is 4.79 Å². The molecule has 2 unspecified atom stereocenters. The lowest BCUT2D eigenvalue weighted by Crippen LogP contribution is -2.33. The summed E-state index contributed by atoms with van der Waals surface area (Å²) in [5, 5.41) is 16.3. The number of nitrogens with one attached hydrogen (secondary N) is 2. The van der Waals surface area contributed by atoms with Crippen LogP contribution in [-0.4, -0.2) is 30.1 Å². The molecule has 0 aliphatic carbocycles. The number of benzene rings is 2. The molecular weight excluding hydrogens is 416 g/mol. The minimum atomic E-state index is -1.04. The van der Waals surface area contributed by atoms with Crippen molar-refractivity contribution >= 4 is 11.9 Å². The minimum absolute atomic E-state index is 0.0814. The number of rotatable bonds is 10. The molecule has 2 aromatic rings. The van der Waals surface area contributed by atoms with Crippen LogP contribution in [0.1, 0.15) is 85.6 Å². The van der Waals surface area contributed by atoms with Crippen LogP contribution in [0.2, 0.25) is 0 Å². The molecule has 0 bridgehead atoms. The molecule has 0 spiro atoms. The lowest BCUT2D eigenvalue weighted by atomic mass is 9.87. The zero-order valence-corrected chi connectivity index (χ0v) is 19.9. The maximum atomic E-state index is 13.1. The molecule has 0 saturated carbocycles. The van der Waals surface area contributed by atoms with Crippen molar-refractivity contribution < 1.29 is 19.4 Å². The number of hydrogen-bond donors (Lipinski definition) is 3. The molecule has 6 heteroatoms. The summed E-state index contributed by atoms with van der Waals surface area (Å²) in [6.07, 6.45) is 4.53. The van der Waals surface area contributed by atoms with Crippen LogP contribution in [0.15, 0.2) is 42.5 Å². The molecule has 1 saturated heterocycles. The van der Waals surface area contributed by atoms with Crippen molar-refractivity contribution in [2.24, 2.45) is 5.92 Å². The quantitative estimate of drug-likeness (QED) is 0.470. The monoisotopic (exact) mass is 452 g/mol. The highest BCUT2D eigenvalue weighted by Gasteiger charge is 2.24. The third-order valence-corrected chi connectivity index (χ3v) is 6.04. The normalized spacial score (nSPS) is 16.9. The van der Waals surface area contributed by atoms with Crippen LogP contribution in [0, 0.1) is 5.92 Å². The van der Waals surface area contributed by atoms with Crippen LogP contribution >= 0.6 is 0 Å². The van der Waals surface area contributed by atoms with E-state index in [1.807, 2.05) is 6.07 Å². The Kier molecular flexibility index (Phi) is 8.89. The van der Waals surface area contributed by atoms with E-state index in [0.717, 1.165) is 24.9 Å². The minimum Gasteiger partial charge on any atom is -0.493 e. The first-order chi connectivity index (χ1) is 15.9. The molecule has 0 aromatic heterocycles. The maximum Gasteiger partial charge on any atom is 0.339 e. The molecule has 3 rings (SSSR count). The molecule has 178 valence electrons. The Hall–Kier alpha value is -2.86. The van der Waals surface area contributed by atoms with E-state index in [9.17, 15) is 14.7 Å². The SMILES string of the molecule is CCOc1cc(CC(=O)NC(CC(C)C)c2ccccc2C2CCCCN2)ccc1C(=O)O. The zero-order chi connectivity index (χ0) is 23.8. The number of carboxylic acid groups (broad SMARTS) is 1. The van der Waals surface area contributed by atoms with E-state index in [2.05, 4.69) is 42.7 Å². The number of amides is 1. The maximum absolute atomic E-state index is 13.1. The van der Waals surface area contributed by atoms with Crippen LogP contribution in [0.3, 0.4) is 0 Å². The number of aromatic carboxylic acids is 1. The fourth-order valence-electron chi connectivity index (χ4n) is 4.56. The Bertz CT molecular complexity index is 951. The summed E-state index contributed by atoms with van der Waals surface area (Å²) < 4.78 is 5.49. The topological polar surface area (TPSA) is 87.7 Å². The number of carbonyl (C=O) groups excluding carboxylic acids is 1. The summed E-state index contributed by atoms with van der Waals surface area (Å²) in [5.41, 5.74) is 3.28. The fourth-order valence-corrected chi connectivity index (χ4v) is 4.56. The number of ether oxygens (including phenoxy) is 1. The van der Waals surface area contributed by atoms with Crippen LogP contribution in [0.5, 0.6) is 5.75 Å². The first-order valence-corrected chi connectivity index (χ1v) is 12.0. The van der Waals surface area contributed by atoms with Crippen LogP contribution in [0.25, 0.3) is 0 Å². The lowest BCUT2D eigenvalue weighted by Gasteiger charge is -2.30. The second-order valence-corrected chi connectivity index (χ2v) is 9.13. The second kappa shape index (κ2) is 11.8. The van der Waals surface area contributed by atoms with E-state index >= 15 is 0 Å². The van der Waals surface area contributed by atoms with Gasteiger partial charge in [-0.05, 0) is 67.5 Å². The number of carbonyl (C=O) groups is 2. The first kappa shape index (κ1) is 24.8. The molecule has 2 aromatic carbocycles. The second-order valence-electron chi connectivity index (χ2n) is 9.13. The first-order valence-electron chi connectivity index (χ1n) is 12.0. The van der Waals surface area contributed by atoms with Gasteiger partial charge in [0.05, 0.1) is 19.1 Å². The van der Waals surface area contributed by atoms with Gasteiger partial charge < -0.3 is 20.5 Å². The van der Waals surface area contributed by atoms with Crippen LogP contribution in [-0.2, 0) is 11.2 Å². The van der Waals surface area contributed by atoms with Gasteiger partial charge in [0.15, 0.2) is 0 Å². The van der Waals surface area contributed by atoms with Gasteiger partial charge in [-0.3, -0.25) is 4.79 Å². The molecule has 1 aliphatic rings. The van der Waals surface area contributed by atoms with E-state index in [4.69, 9.17) is 4.74 Å². The molecule has 3 N–H and O–H groups in total. The highest BCUT2D eigenvalue weighted by atomic mass is 16.5. The number of hydrogen-bond acceptors (Lipinski definition) is 4. The standard InChI is InChI=1S/C27H36N2O4/c1-4-33-25-16-19(12-13-22(25)27(31)32)17-26(30)29-24(15-18(2)3)21-10-6-5-9-20(21)23-11-7-8-14-28-23/h5-6,9-10,12-13,16,18,23-24,28H,4,7-8,11,14-15,17H2,1-3H3,(H,29,30)(H,31,32). The van der Waals surface area contributed by atoms with E-state index in [-0.39, 0.29) is 23.9 Å². The predicted octanol–water partition coefficient (Wildman–Crippen LogP) is 5.04. The Morgan fingerprint density at radius 1 is 1.18 bits per heavy atom. The lowest BCUT2D eigenvalue weighted by molar-refractivity contribution is -0.121. The van der Waals surface area contributed by atoms with Gasteiger partial charge in [-0.15, -0.1) is 0 Å². The van der Waals surface area contributed by atoms with Crippen molar-refractivity contribution in [3.05, 3.63) is 64.7 Å². The average Bonchev–Trinajstić information content (AvgIpc) is 2.79. The molecule has 33 heavy (non-hydrogen) atoms. The third-order valence-electron chi connectivity index (χ3n) is 6.04. The van der Waals surface area contributed by atoms with Crippen LogP contribution < -0.4 is 15.4 Å². The number of piperidine rings is 1. The van der Waals surface area contributed by atoms with E-state index in [1.54, 1.807) is 19.1 Å². The van der Waals surface area contributed by atoms with E-state index < -0.39 is 5.97 Å². The fraction of sp³-hybridized carbons (Fsp3) is 0.481. The third kappa shape index (κ3) is 6.81. The van der Waals surface area contributed by atoms with Gasteiger partial charge >= 0.3 is 5.97 Å². The average molecular weight is 453 g/mol. The summed E-state index contributed by atoms with van der Waals surface area (Å²) in [6, 6.07) is 13.5. The molecule has 2 atom stereocenters. The largest absolute Gasteiger partial charge is 0.493 e. The molecule has 1 aliphatic heterocycles.